The molecule has 4 heteroatoms. The zero-order chi connectivity index (χ0) is 14.4. The van der Waals surface area contributed by atoms with Gasteiger partial charge in [0.15, 0.2) is 0 Å². The molecule has 108 valence electrons. The summed E-state index contributed by atoms with van der Waals surface area (Å²) < 4.78 is 7.16. The highest BCUT2D eigenvalue weighted by Crippen LogP contribution is 2.13. The number of rotatable bonds is 7. The molecule has 4 nitrogen and oxygen atoms in total. The predicted octanol–water partition coefficient (Wildman–Crippen LogP) is 2.33. The first-order valence-corrected chi connectivity index (χ1v) is 6.96. The van der Waals surface area contributed by atoms with Crippen molar-refractivity contribution >= 4 is 0 Å². The van der Waals surface area contributed by atoms with Crippen LogP contribution in [0.3, 0.4) is 0 Å². The topological polar surface area (TPSA) is 39.1 Å². The van der Waals surface area contributed by atoms with E-state index < -0.39 is 0 Å². The third-order valence-corrected chi connectivity index (χ3v) is 3.40. The summed E-state index contributed by atoms with van der Waals surface area (Å²) in [5, 5.41) is 7.84. The van der Waals surface area contributed by atoms with E-state index in [9.17, 15) is 0 Å². The fourth-order valence-electron chi connectivity index (χ4n) is 2.38. The molecule has 0 bridgehead atoms. The van der Waals surface area contributed by atoms with Crippen LogP contribution in [0.5, 0.6) is 0 Å². The van der Waals surface area contributed by atoms with E-state index in [1.807, 2.05) is 30.2 Å². The van der Waals surface area contributed by atoms with Crippen molar-refractivity contribution in [2.75, 3.05) is 13.7 Å². The number of hydrogen-bond acceptors (Lipinski definition) is 3. The molecule has 1 aromatic heterocycles. The molecule has 20 heavy (non-hydrogen) atoms. The quantitative estimate of drug-likeness (QED) is 0.841. The van der Waals surface area contributed by atoms with E-state index >= 15 is 0 Å². The summed E-state index contributed by atoms with van der Waals surface area (Å²) >= 11 is 0. The second-order valence-electron chi connectivity index (χ2n) is 5.18. The van der Waals surface area contributed by atoms with Gasteiger partial charge in [-0.25, -0.2) is 0 Å². The van der Waals surface area contributed by atoms with Crippen LogP contribution in [0.1, 0.15) is 24.1 Å². The van der Waals surface area contributed by atoms with Crippen LogP contribution in [0.15, 0.2) is 42.7 Å². The average molecular weight is 273 g/mol. The highest BCUT2D eigenvalue weighted by molar-refractivity contribution is 5.16. The summed E-state index contributed by atoms with van der Waals surface area (Å²) in [6.07, 6.45) is 4.91. The van der Waals surface area contributed by atoms with Gasteiger partial charge in [0.2, 0.25) is 0 Å². The van der Waals surface area contributed by atoms with E-state index in [2.05, 4.69) is 41.6 Å². The molecule has 0 saturated carbocycles. The first-order valence-electron chi connectivity index (χ1n) is 6.96. The smallest absolute Gasteiger partial charge is 0.0619 e. The van der Waals surface area contributed by atoms with Crippen LogP contribution in [-0.4, -0.2) is 29.5 Å². The predicted molar refractivity (Wildman–Crippen MR) is 80.6 cm³/mol. The van der Waals surface area contributed by atoms with E-state index in [0.717, 1.165) is 6.42 Å². The molecule has 1 N–H and O–H groups in total. The number of methoxy groups -OCH3 is 1. The van der Waals surface area contributed by atoms with Crippen LogP contribution in [0.2, 0.25) is 0 Å². The fourth-order valence-corrected chi connectivity index (χ4v) is 2.38. The van der Waals surface area contributed by atoms with Gasteiger partial charge in [0.05, 0.1) is 12.8 Å². The highest BCUT2D eigenvalue weighted by atomic mass is 16.5. The molecule has 0 aliphatic rings. The Morgan fingerprint density at radius 2 is 2.05 bits per heavy atom. The van der Waals surface area contributed by atoms with Gasteiger partial charge in [0, 0.05) is 38.0 Å². The van der Waals surface area contributed by atoms with Crippen molar-refractivity contribution < 1.29 is 4.74 Å². The lowest BCUT2D eigenvalue weighted by Crippen LogP contribution is -2.36. The first kappa shape index (κ1) is 14.8. The van der Waals surface area contributed by atoms with E-state index in [1.54, 1.807) is 7.11 Å². The van der Waals surface area contributed by atoms with E-state index in [-0.39, 0.29) is 12.1 Å². The van der Waals surface area contributed by atoms with Gasteiger partial charge in [0.1, 0.15) is 0 Å². The molecule has 2 rings (SSSR count). The van der Waals surface area contributed by atoms with E-state index in [4.69, 9.17) is 4.74 Å². The van der Waals surface area contributed by atoms with Gasteiger partial charge in [-0.3, -0.25) is 4.68 Å². The Kier molecular flexibility index (Phi) is 5.32. The maximum absolute atomic E-state index is 5.33. The van der Waals surface area contributed by atoms with Gasteiger partial charge in [-0.15, -0.1) is 0 Å². The number of benzene rings is 1. The molecule has 0 fully saturated rings. The van der Waals surface area contributed by atoms with Gasteiger partial charge < -0.3 is 10.1 Å². The molecule has 0 radical (unpaired) electrons. The Bertz CT molecular complexity index is 509. The third-order valence-electron chi connectivity index (χ3n) is 3.40. The molecular weight excluding hydrogens is 250 g/mol. The maximum Gasteiger partial charge on any atom is 0.0619 e. The van der Waals surface area contributed by atoms with Crippen molar-refractivity contribution in [3.8, 4) is 0 Å². The molecule has 0 amide bonds. The average Bonchev–Trinajstić information content (AvgIpc) is 2.87. The molecule has 1 heterocycles. The molecule has 0 saturated heterocycles. The van der Waals surface area contributed by atoms with Crippen molar-refractivity contribution in [3.05, 3.63) is 53.9 Å². The molecule has 0 aliphatic carbocycles. The monoisotopic (exact) mass is 273 g/mol. The number of aromatic nitrogens is 2. The third kappa shape index (κ3) is 4.18. The molecule has 0 aliphatic heterocycles. The van der Waals surface area contributed by atoms with Crippen molar-refractivity contribution in [2.45, 2.75) is 25.4 Å². The van der Waals surface area contributed by atoms with Crippen molar-refractivity contribution in [1.82, 2.24) is 15.1 Å². The number of hydrogen-bond donors (Lipinski definition) is 1. The van der Waals surface area contributed by atoms with Gasteiger partial charge in [-0.1, -0.05) is 30.3 Å². The maximum atomic E-state index is 5.33. The Morgan fingerprint density at radius 1 is 1.30 bits per heavy atom. The molecular formula is C16H23N3O. The minimum atomic E-state index is 0.257. The molecule has 0 unspecified atom stereocenters. The van der Waals surface area contributed by atoms with Crippen LogP contribution in [0, 0.1) is 0 Å². The zero-order valence-corrected chi connectivity index (χ0v) is 12.4. The Labute approximate surface area is 120 Å². The van der Waals surface area contributed by atoms with E-state index in [1.165, 1.54) is 11.1 Å². The molecule has 1 aromatic carbocycles. The minimum absolute atomic E-state index is 0.257. The van der Waals surface area contributed by atoms with Crippen LogP contribution in [0.4, 0.5) is 0 Å². The Morgan fingerprint density at radius 3 is 2.65 bits per heavy atom. The van der Waals surface area contributed by atoms with Crippen molar-refractivity contribution in [2.24, 2.45) is 7.05 Å². The Hall–Kier alpha value is -1.65. The largest absolute Gasteiger partial charge is 0.383 e. The number of nitrogens with one attached hydrogen (secondary N) is 1. The summed E-state index contributed by atoms with van der Waals surface area (Å²) in [4.78, 5) is 0. The van der Waals surface area contributed by atoms with Gasteiger partial charge in [-0.05, 0) is 18.9 Å². The first-order chi connectivity index (χ1) is 9.69. The SMILES string of the molecule is COC[C@@H](Cc1ccccc1)N[C@H](C)c1cnn(C)c1. The second kappa shape index (κ2) is 7.22. The minimum Gasteiger partial charge on any atom is -0.383 e. The number of nitrogens with zero attached hydrogens (tertiary/aromatic N) is 2. The number of aryl methyl sites for hydroxylation is 1. The number of ether oxygens (including phenoxy) is 1. The standard InChI is InChI=1S/C16H23N3O/c1-13(15-10-17-19(2)11-15)18-16(12-20-3)9-14-7-5-4-6-8-14/h4-8,10-11,13,16,18H,9,12H2,1-3H3/t13-,16-/m1/s1. The summed E-state index contributed by atoms with van der Waals surface area (Å²) in [5.74, 6) is 0. The van der Waals surface area contributed by atoms with Gasteiger partial charge in [0.25, 0.3) is 0 Å². The lowest BCUT2D eigenvalue weighted by Gasteiger charge is -2.22. The van der Waals surface area contributed by atoms with E-state index in [0.29, 0.717) is 6.61 Å². The summed E-state index contributed by atoms with van der Waals surface area (Å²) in [7, 11) is 3.68. The van der Waals surface area contributed by atoms with Crippen LogP contribution < -0.4 is 5.32 Å². The lowest BCUT2D eigenvalue weighted by molar-refractivity contribution is 0.161. The van der Waals surface area contributed by atoms with Crippen LogP contribution in [-0.2, 0) is 18.2 Å². The normalized spacial score (nSPS) is 14.2. The lowest BCUT2D eigenvalue weighted by atomic mass is 10.0. The van der Waals surface area contributed by atoms with Crippen LogP contribution in [0.25, 0.3) is 0 Å². The van der Waals surface area contributed by atoms with Crippen LogP contribution >= 0.6 is 0 Å². The van der Waals surface area contributed by atoms with Gasteiger partial charge in [-0.2, -0.15) is 5.10 Å². The Balaban J connectivity index is 1.98. The molecule has 2 atom stereocenters. The summed E-state index contributed by atoms with van der Waals surface area (Å²) in [6.45, 7) is 2.85. The zero-order valence-electron chi connectivity index (χ0n) is 12.4. The second-order valence-corrected chi connectivity index (χ2v) is 5.18. The van der Waals surface area contributed by atoms with Gasteiger partial charge >= 0.3 is 0 Å². The van der Waals surface area contributed by atoms with Crippen molar-refractivity contribution in [3.63, 3.8) is 0 Å². The van der Waals surface area contributed by atoms with Crippen molar-refractivity contribution in [1.29, 1.82) is 0 Å². The fraction of sp³-hybridized carbons (Fsp3) is 0.438. The molecule has 2 aromatic rings. The highest BCUT2D eigenvalue weighted by Gasteiger charge is 2.15. The summed E-state index contributed by atoms with van der Waals surface area (Å²) in [6, 6.07) is 11.0. The summed E-state index contributed by atoms with van der Waals surface area (Å²) in [5.41, 5.74) is 2.52. The molecule has 0 spiro atoms.